The number of sulfonamides is 1. The van der Waals surface area contributed by atoms with Gasteiger partial charge < -0.3 is 20.1 Å². The van der Waals surface area contributed by atoms with Gasteiger partial charge in [0.05, 0.1) is 18.6 Å². The number of esters is 1. The van der Waals surface area contributed by atoms with Crippen LogP contribution in [0.25, 0.3) is 0 Å². The van der Waals surface area contributed by atoms with E-state index in [0.717, 1.165) is 9.87 Å². The Bertz CT molecular complexity index is 909. The van der Waals surface area contributed by atoms with Crippen molar-refractivity contribution in [2.45, 2.75) is 63.5 Å². The lowest BCUT2D eigenvalue weighted by molar-refractivity contribution is -0.145. The molecule has 0 unspecified atom stereocenters. The first kappa shape index (κ1) is 28.4. The molecular weight excluding hydrogens is 450 g/mol. The molecule has 0 saturated heterocycles. The van der Waals surface area contributed by atoms with Crippen LogP contribution in [0.15, 0.2) is 29.2 Å². The third kappa shape index (κ3) is 10.2. The highest BCUT2D eigenvalue weighted by molar-refractivity contribution is 7.89. The predicted octanol–water partition coefficient (Wildman–Crippen LogP) is 1.97. The number of carbonyl (C=O) groups excluding carboxylic acids is 3. The Hall–Kier alpha value is -2.66. The summed E-state index contributed by atoms with van der Waals surface area (Å²) in [5.41, 5.74) is 0.321. The fourth-order valence-electron chi connectivity index (χ4n) is 2.79. The van der Waals surface area contributed by atoms with Gasteiger partial charge >= 0.3 is 12.1 Å². The van der Waals surface area contributed by atoms with Gasteiger partial charge in [-0.05, 0) is 59.1 Å². The Balaban J connectivity index is 2.57. The minimum atomic E-state index is -3.85. The number of alkyl carbamates (subject to hydrolysis) is 1. The SMILES string of the molecule is COC(=O)[C@H](CCCCNC(=O)OC(C)(C)C)NC(=O)CN(C)S(=O)(=O)c1ccc(C)cc1. The summed E-state index contributed by atoms with van der Waals surface area (Å²) in [5, 5.41) is 5.15. The molecule has 10 nitrogen and oxygen atoms in total. The number of unbranched alkanes of at least 4 members (excludes halogenated alkanes) is 1. The van der Waals surface area contributed by atoms with Gasteiger partial charge in [-0.25, -0.2) is 18.0 Å². The van der Waals surface area contributed by atoms with Crippen LogP contribution in [0.2, 0.25) is 0 Å². The summed E-state index contributed by atoms with van der Waals surface area (Å²) in [5.74, 6) is -1.26. The van der Waals surface area contributed by atoms with Gasteiger partial charge in [0.1, 0.15) is 11.6 Å². The van der Waals surface area contributed by atoms with Crippen molar-refractivity contribution in [1.82, 2.24) is 14.9 Å². The maximum atomic E-state index is 12.7. The maximum absolute atomic E-state index is 12.7. The Morgan fingerprint density at radius 2 is 1.70 bits per heavy atom. The Morgan fingerprint density at radius 3 is 2.24 bits per heavy atom. The first-order valence-electron chi connectivity index (χ1n) is 10.6. The molecule has 186 valence electrons. The molecule has 2 N–H and O–H groups in total. The summed E-state index contributed by atoms with van der Waals surface area (Å²) in [6.07, 6.45) is 0.790. The zero-order valence-corrected chi connectivity index (χ0v) is 21.0. The molecule has 0 radical (unpaired) electrons. The number of rotatable bonds is 11. The average molecular weight is 486 g/mol. The molecule has 0 spiro atoms. The largest absolute Gasteiger partial charge is 0.467 e. The highest BCUT2D eigenvalue weighted by Gasteiger charge is 2.26. The van der Waals surface area contributed by atoms with Gasteiger partial charge in [0.25, 0.3) is 0 Å². The van der Waals surface area contributed by atoms with Gasteiger partial charge in [-0.15, -0.1) is 0 Å². The number of benzene rings is 1. The Morgan fingerprint density at radius 1 is 1.09 bits per heavy atom. The van der Waals surface area contributed by atoms with Crippen molar-refractivity contribution in [3.05, 3.63) is 29.8 Å². The minimum absolute atomic E-state index is 0.0744. The Kier molecular flexibility index (Phi) is 10.8. The molecule has 0 bridgehead atoms. The molecule has 0 aliphatic carbocycles. The van der Waals surface area contributed by atoms with Crippen LogP contribution in [0.1, 0.15) is 45.6 Å². The van der Waals surface area contributed by atoms with Crippen molar-refractivity contribution in [2.24, 2.45) is 0 Å². The van der Waals surface area contributed by atoms with Crippen LogP contribution in [0, 0.1) is 6.92 Å². The summed E-state index contributed by atoms with van der Waals surface area (Å²) in [4.78, 5) is 36.2. The van der Waals surface area contributed by atoms with Gasteiger partial charge in [-0.1, -0.05) is 17.7 Å². The average Bonchev–Trinajstić information content (AvgIpc) is 2.70. The zero-order valence-electron chi connectivity index (χ0n) is 20.1. The number of amides is 2. The number of nitrogens with zero attached hydrogens (tertiary/aromatic N) is 1. The molecule has 1 aromatic rings. The van der Waals surface area contributed by atoms with Gasteiger partial charge in [-0.2, -0.15) is 4.31 Å². The fourth-order valence-corrected chi connectivity index (χ4v) is 3.91. The van der Waals surface area contributed by atoms with Crippen LogP contribution >= 0.6 is 0 Å². The molecule has 0 aromatic heterocycles. The van der Waals surface area contributed by atoms with Crippen molar-refractivity contribution >= 4 is 28.0 Å². The van der Waals surface area contributed by atoms with Crippen molar-refractivity contribution < 1.29 is 32.3 Å². The first-order valence-corrected chi connectivity index (χ1v) is 12.1. The molecule has 1 atom stereocenters. The molecule has 1 rings (SSSR count). The molecule has 0 heterocycles. The van der Waals surface area contributed by atoms with E-state index in [4.69, 9.17) is 9.47 Å². The molecule has 11 heteroatoms. The molecule has 0 saturated carbocycles. The van der Waals surface area contributed by atoms with Crippen LogP contribution in [0.5, 0.6) is 0 Å². The van der Waals surface area contributed by atoms with Crippen molar-refractivity contribution in [1.29, 1.82) is 0 Å². The van der Waals surface area contributed by atoms with E-state index in [2.05, 4.69) is 10.6 Å². The Labute approximate surface area is 196 Å². The topological polar surface area (TPSA) is 131 Å². The van der Waals surface area contributed by atoms with E-state index in [1.165, 1.54) is 26.3 Å². The van der Waals surface area contributed by atoms with Crippen molar-refractivity contribution in [3.8, 4) is 0 Å². The first-order chi connectivity index (χ1) is 15.3. The lowest BCUT2D eigenvalue weighted by Crippen LogP contribution is -2.46. The van der Waals surface area contributed by atoms with Crippen molar-refractivity contribution in [3.63, 3.8) is 0 Å². The van der Waals surface area contributed by atoms with E-state index in [0.29, 0.717) is 19.4 Å². The third-order valence-electron chi connectivity index (χ3n) is 4.50. The van der Waals surface area contributed by atoms with Gasteiger partial charge in [0, 0.05) is 13.6 Å². The summed E-state index contributed by atoms with van der Waals surface area (Å²) in [6, 6.07) is 5.36. The second-order valence-electron chi connectivity index (χ2n) is 8.64. The van der Waals surface area contributed by atoms with E-state index >= 15 is 0 Å². The van der Waals surface area contributed by atoms with Gasteiger partial charge in [0.15, 0.2) is 0 Å². The summed E-state index contributed by atoms with van der Waals surface area (Å²) in [7, 11) is -1.35. The molecular formula is C22H35N3O7S. The number of hydrogen-bond acceptors (Lipinski definition) is 7. The van der Waals surface area contributed by atoms with E-state index < -0.39 is 46.2 Å². The molecule has 0 aliphatic rings. The standard InChI is InChI=1S/C22H35N3O7S/c1-16-10-12-17(13-11-16)33(29,30)25(5)15-19(26)24-18(20(27)31-6)9-7-8-14-23-21(28)32-22(2,3)4/h10-13,18H,7-9,14-15H2,1-6H3,(H,23,28)(H,24,26)/t18-/m0/s1. The van der Waals surface area contributed by atoms with Gasteiger partial charge in [-0.3, -0.25) is 4.79 Å². The molecule has 0 aliphatic heterocycles. The van der Waals surface area contributed by atoms with Crippen LogP contribution in [-0.2, 0) is 29.1 Å². The molecule has 2 amide bonds. The van der Waals surface area contributed by atoms with Crippen molar-refractivity contribution in [2.75, 3.05) is 27.2 Å². The second-order valence-corrected chi connectivity index (χ2v) is 10.7. The van der Waals surface area contributed by atoms with E-state index in [1.807, 2.05) is 6.92 Å². The number of carbonyl (C=O) groups is 3. The number of likely N-dealkylation sites (N-methyl/N-ethyl adjacent to an activating group) is 1. The van der Waals surface area contributed by atoms with E-state index in [9.17, 15) is 22.8 Å². The van der Waals surface area contributed by atoms with E-state index in [-0.39, 0.29) is 11.3 Å². The van der Waals surface area contributed by atoms with E-state index in [1.54, 1.807) is 32.9 Å². The summed E-state index contributed by atoms with van der Waals surface area (Å²) < 4.78 is 36.1. The number of aryl methyl sites for hydroxylation is 1. The zero-order chi connectivity index (χ0) is 25.2. The molecule has 0 fully saturated rings. The summed E-state index contributed by atoms with van der Waals surface area (Å²) in [6.45, 7) is 7.02. The van der Waals surface area contributed by atoms with Crippen LogP contribution in [0.4, 0.5) is 4.79 Å². The second kappa shape index (κ2) is 12.5. The van der Waals surface area contributed by atoms with Crippen LogP contribution in [0.3, 0.4) is 0 Å². The third-order valence-corrected chi connectivity index (χ3v) is 6.32. The monoisotopic (exact) mass is 485 g/mol. The lowest BCUT2D eigenvalue weighted by Gasteiger charge is -2.21. The van der Waals surface area contributed by atoms with Gasteiger partial charge in [0.2, 0.25) is 15.9 Å². The fraction of sp³-hybridized carbons (Fsp3) is 0.591. The minimum Gasteiger partial charge on any atom is -0.467 e. The predicted molar refractivity (Wildman–Crippen MR) is 123 cm³/mol. The number of nitrogens with one attached hydrogen (secondary N) is 2. The van der Waals surface area contributed by atoms with Crippen LogP contribution in [-0.4, -0.2) is 69.6 Å². The number of ether oxygens (including phenoxy) is 2. The summed E-state index contributed by atoms with van der Waals surface area (Å²) >= 11 is 0. The normalized spacial score (nSPS) is 12.7. The number of hydrogen-bond donors (Lipinski definition) is 2. The smallest absolute Gasteiger partial charge is 0.407 e. The lowest BCUT2D eigenvalue weighted by atomic mass is 10.1. The number of methoxy groups -OCH3 is 1. The quantitative estimate of drug-likeness (QED) is 0.362. The highest BCUT2D eigenvalue weighted by atomic mass is 32.2. The molecule has 1 aromatic carbocycles. The maximum Gasteiger partial charge on any atom is 0.407 e. The molecule has 33 heavy (non-hydrogen) atoms. The van der Waals surface area contributed by atoms with Crippen LogP contribution < -0.4 is 10.6 Å². The highest BCUT2D eigenvalue weighted by Crippen LogP contribution is 2.15.